The quantitative estimate of drug-likeness (QED) is 0.400. The van der Waals surface area contributed by atoms with Gasteiger partial charge in [-0.25, -0.2) is 0 Å². The molecule has 0 amide bonds. The van der Waals surface area contributed by atoms with Gasteiger partial charge in [-0.05, 0) is 0 Å². The molecule has 0 rings (SSSR count). The second-order valence-electron chi connectivity index (χ2n) is 1.20. The van der Waals surface area contributed by atoms with Crippen LogP contribution in [0.25, 0.3) is 0 Å². The van der Waals surface area contributed by atoms with E-state index in [-0.39, 0.29) is 17.1 Å². The molecule has 0 unspecified atom stereocenters. The van der Waals surface area contributed by atoms with Gasteiger partial charge in [-0.3, -0.25) is 0 Å². The molecule has 5 heteroatoms. The molecular weight excluding hydrogens is 183 g/mol. The zero-order valence-electron chi connectivity index (χ0n) is 5.17. The first-order chi connectivity index (χ1) is 4.79. The zero-order chi connectivity index (χ0) is 7.98. The van der Waals surface area contributed by atoms with Gasteiger partial charge in [0.15, 0.2) is 11.1 Å². The zero-order valence-corrected chi connectivity index (χ0v) is 6.35. The summed E-state index contributed by atoms with van der Waals surface area (Å²) >= 11 is 0. The summed E-state index contributed by atoms with van der Waals surface area (Å²) in [6.07, 6.45) is 0. The topological polar surface area (TPSA) is 95.2 Å². The Balaban J connectivity index is 0. The smallest absolute Gasteiger partial charge is 0.158 e. The van der Waals surface area contributed by atoms with Gasteiger partial charge in [0.05, 0.1) is 0 Å². The van der Waals surface area contributed by atoms with E-state index in [0.29, 0.717) is 0 Å². The van der Waals surface area contributed by atoms with Crippen LogP contribution >= 0.6 is 0 Å². The number of nitrogens with zero attached hydrogens (tertiary/aromatic N) is 4. The second-order valence-corrected chi connectivity index (χ2v) is 1.20. The van der Waals surface area contributed by atoms with E-state index in [9.17, 15) is 0 Å². The molecule has 0 N–H and O–H groups in total. The van der Waals surface area contributed by atoms with Gasteiger partial charge in [-0.15, -0.1) is 0 Å². The third-order valence-corrected chi connectivity index (χ3v) is 0.697. The fourth-order valence-corrected chi connectivity index (χ4v) is 0.274. The molecule has 0 spiro atoms. The molecule has 0 aromatic rings. The van der Waals surface area contributed by atoms with Crippen molar-refractivity contribution < 1.29 is 17.1 Å². The predicted molar refractivity (Wildman–Crippen MR) is 29.5 cm³/mol. The molecule has 4 nitrogen and oxygen atoms in total. The van der Waals surface area contributed by atoms with Gasteiger partial charge in [0.25, 0.3) is 0 Å². The number of hydrogen-bond acceptors (Lipinski definition) is 4. The van der Waals surface area contributed by atoms with Crippen molar-refractivity contribution in [1.29, 1.82) is 21.0 Å². The average Bonchev–Trinajstić information content (AvgIpc) is 2.00. The Labute approximate surface area is 74.0 Å². The Morgan fingerprint density at radius 1 is 0.636 bits per heavy atom. The Bertz CT molecular complexity index is 262. The van der Waals surface area contributed by atoms with E-state index in [1.807, 2.05) is 0 Å². The molecule has 0 saturated heterocycles. The van der Waals surface area contributed by atoms with E-state index >= 15 is 0 Å². The molecular formula is C6MnN4. The molecule has 0 aliphatic heterocycles. The van der Waals surface area contributed by atoms with Crippen LogP contribution < -0.4 is 0 Å². The summed E-state index contributed by atoms with van der Waals surface area (Å²) in [5.41, 5.74) is -0.880. The third-order valence-electron chi connectivity index (χ3n) is 0.697. The molecule has 0 aliphatic rings. The molecule has 0 atom stereocenters. The molecule has 0 heterocycles. The van der Waals surface area contributed by atoms with Crippen LogP contribution in [0.3, 0.4) is 0 Å². The number of rotatable bonds is 0. The van der Waals surface area contributed by atoms with Crippen molar-refractivity contribution in [2.24, 2.45) is 0 Å². The summed E-state index contributed by atoms with van der Waals surface area (Å²) in [4.78, 5) is 0. The van der Waals surface area contributed by atoms with Gasteiger partial charge in [-0.1, -0.05) is 0 Å². The van der Waals surface area contributed by atoms with Crippen molar-refractivity contribution in [2.75, 3.05) is 0 Å². The van der Waals surface area contributed by atoms with Crippen molar-refractivity contribution in [1.82, 2.24) is 0 Å². The van der Waals surface area contributed by atoms with Gasteiger partial charge < -0.3 is 0 Å². The van der Waals surface area contributed by atoms with E-state index < -0.39 is 11.1 Å². The van der Waals surface area contributed by atoms with Gasteiger partial charge in [-0.2, -0.15) is 21.0 Å². The summed E-state index contributed by atoms with van der Waals surface area (Å²) in [6.45, 7) is 0. The first kappa shape index (κ1) is 12.0. The monoisotopic (exact) mass is 183 g/mol. The first-order valence-corrected chi connectivity index (χ1v) is 2.14. The Morgan fingerprint density at radius 3 is 0.909 bits per heavy atom. The third kappa shape index (κ3) is 3.04. The van der Waals surface area contributed by atoms with Crippen molar-refractivity contribution in [3.63, 3.8) is 0 Å². The molecule has 0 aromatic carbocycles. The fourth-order valence-electron chi connectivity index (χ4n) is 0.274. The van der Waals surface area contributed by atoms with Crippen molar-refractivity contribution >= 4 is 0 Å². The van der Waals surface area contributed by atoms with Crippen molar-refractivity contribution in [3.05, 3.63) is 11.1 Å². The standard InChI is InChI=1S/C6N4.Mn/c7-1-5(2-8)6(3-9)4-10;. The van der Waals surface area contributed by atoms with Crippen LogP contribution in [0.4, 0.5) is 0 Å². The van der Waals surface area contributed by atoms with Gasteiger partial charge in [0.1, 0.15) is 24.3 Å². The van der Waals surface area contributed by atoms with E-state index in [1.54, 1.807) is 0 Å². The van der Waals surface area contributed by atoms with Crippen LogP contribution in [0.1, 0.15) is 0 Å². The maximum Gasteiger partial charge on any atom is 0.158 e. The molecule has 0 aliphatic carbocycles. The molecule has 11 heavy (non-hydrogen) atoms. The number of nitriles is 4. The normalized spacial score (nSPS) is 5.09. The van der Waals surface area contributed by atoms with E-state index in [1.165, 1.54) is 24.3 Å². The minimum Gasteiger partial charge on any atom is -0.192 e. The maximum atomic E-state index is 8.13. The van der Waals surface area contributed by atoms with Gasteiger partial charge in [0.2, 0.25) is 0 Å². The second kappa shape index (κ2) is 6.34. The van der Waals surface area contributed by atoms with Crippen molar-refractivity contribution in [2.45, 2.75) is 0 Å². The van der Waals surface area contributed by atoms with E-state index in [0.717, 1.165) is 0 Å². The average molecular weight is 183 g/mol. The maximum absolute atomic E-state index is 8.13. The van der Waals surface area contributed by atoms with Crippen LogP contribution in [0.2, 0.25) is 0 Å². The van der Waals surface area contributed by atoms with Crippen LogP contribution in [-0.4, -0.2) is 0 Å². The Hall–Kier alpha value is -1.78. The number of allylic oxidation sites excluding steroid dienone is 2. The molecule has 51 valence electrons. The molecule has 1 radical (unpaired) electrons. The Kier molecular flexibility index (Phi) is 6.89. The van der Waals surface area contributed by atoms with Crippen molar-refractivity contribution in [3.8, 4) is 24.3 Å². The minimum absolute atomic E-state index is 0. The summed E-state index contributed by atoms with van der Waals surface area (Å²) in [5, 5.41) is 32.5. The first-order valence-electron chi connectivity index (χ1n) is 2.14. The van der Waals surface area contributed by atoms with Crippen LogP contribution in [-0.2, 0) is 17.1 Å². The molecule has 0 bridgehead atoms. The van der Waals surface area contributed by atoms with E-state index in [2.05, 4.69) is 0 Å². The van der Waals surface area contributed by atoms with E-state index in [4.69, 9.17) is 21.0 Å². The minimum atomic E-state index is -0.440. The van der Waals surface area contributed by atoms with Crippen LogP contribution in [0.15, 0.2) is 11.1 Å². The predicted octanol–water partition coefficient (Wildman–Crippen LogP) is 0.375. The summed E-state index contributed by atoms with van der Waals surface area (Å²) < 4.78 is 0. The number of hydrogen-bond donors (Lipinski definition) is 0. The fraction of sp³-hybridized carbons (Fsp3) is 0. The molecule has 0 saturated carbocycles. The largest absolute Gasteiger partial charge is 0.192 e. The summed E-state index contributed by atoms with van der Waals surface area (Å²) in [7, 11) is 0. The molecule has 0 aromatic heterocycles. The molecule has 0 fully saturated rings. The summed E-state index contributed by atoms with van der Waals surface area (Å²) in [6, 6.07) is 5.71. The SMILES string of the molecule is N#CC(C#N)=C(C#N)C#N.[Mn]. The Morgan fingerprint density at radius 2 is 0.818 bits per heavy atom. The van der Waals surface area contributed by atoms with Crippen LogP contribution in [0, 0.1) is 45.3 Å². The summed E-state index contributed by atoms with van der Waals surface area (Å²) in [5.74, 6) is 0. The van der Waals surface area contributed by atoms with Crippen LogP contribution in [0.5, 0.6) is 0 Å². The van der Waals surface area contributed by atoms with Gasteiger partial charge in [0, 0.05) is 17.1 Å². The van der Waals surface area contributed by atoms with Gasteiger partial charge >= 0.3 is 0 Å².